The molecule has 1 saturated heterocycles. The van der Waals surface area contributed by atoms with E-state index >= 15 is 0 Å². The van der Waals surface area contributed by atoms with E-state index in [1.165, 1.54) is 16.0 Å². The highest BCUT2D eigenvalue weighted by Crippen LogP contribution is 2.37. The zero-order valence-corrected chi connectivity index (χ0v) is 18.5. The number of carbonyl (C=O) groups is 1. The Balaban J connectivity index is 1.21. The molecule has 5 nitrogen and oxygen atoms in total. The van der Waals surface area contributed by atoms with Crippen molar-refractivity contribution in [3.63, 3.8) is 0 Å². The number of rotatable bonds is 5. The maximum Gasteiger partial charge on any atom is 0.223 e. The van der Waals surface area contributed by atoms with Crippen molar-refractivity contribution < 1.29 is 4.79 Å². The van der Waals surface area contributed by atoms with E-state index in [0.717, 1.165) is 51.5 Å². The summed E-state index contributed by atoms with van der Waals surface area (Å²) < 4.78 is 0. The Morgan fingerprint density at radius 2 is 1.77 bits per heavy atom. The molecule has 0 aliphatic carbocycles. The Bertz CT molecular complexity index is 999. The molecule has 1 fully saturated rings. The van der Waals surface area contributed by atoms with Gasteiger partial charge >= 0.3 is 0 Å². The normalized spacial score (nSPS) is 19.3. The zero-order valence-electron chi connectivity index (χ0n) is 17.7. The number of piperazine rings is 1. The van der Waals surface area contributed by atoms with Gasteiger partial charge in [0, 0.05) is 56.8 Å². The molecule has 2 aliphatic heterocycles. The van der Waals surface area contributed by atoms with E-state index in [1.54, 1.807) is 0 Å². The smallest absolute Gasteiger partial charge is 0.223 e. The van der Waals surface area contributed by atoms with Crippen LogP contribution in [0.2, 0.25) is 0 Å². The second kappa shape index (κ2) is 9.20. The standard InChI is InChI=1S/C25H28N4OS/c30-24(28-17-15-27(16-18-28)23-8-4-5-12-26-23)10-14-29-13-9-22-21(11-19-31-22)25(29)20-6-2-1-3-7-20/h1-8,11-12,19,25H,9-10,13-18H2. The molecule has 0 saturated carbocycles. The van der Waals surface area contributed by atoms with E-state index in [9.17, 15) is 4.79 Å². The van der Waals surface area contributed by atoms with Crippen LogP contribution in [0.3, 0.4) is 0 Å². The average Bonchev–Trinajstić information content (AvgIpc) is 3.32. The topological polar surface area (TPSA) is 39.7 Å². The van der Waals surface area contributed by atoms with Crippen LogP contribution in [0.25, 0.3) is 0 Å². The summed E-state index contributed by atoms with van der Waals surface area (Å²) in [7, 11) is 0. The Kier molecular flexibility index (Phi) is 6.00. The van der Waals surface area contributed by atoms with Crippen molar-refractivity contribution in [2.24, 2.45) is 0 Å². The highest BCUT2D eigenvalue weighted by atomic mass is 32.1. The van der Waals surface area contributed by atoms with Crippen molar-refractivity contribution in [1.82, 2.24) is 14.8 Å². The third-order valence-corrected chi connectivity index (χ3v) is 7.40. The molecule has 4 heterocycles. The summed E-state index contributed by atoms with van der Waals surface area (Å²) >= 11 is 1.86. The molecule has 0 radical (unpaired) electrons. The van der Waals surface area contributed by atoms with Crippen LogP contribution in [0, 0.1) is 0 Å². The lowest BCUT2D eigenvalue weighted by molar-refractivity contribution is -0.132. The molecule has 3 aromatic rings. The van der Waals surface area contributed by atoms with Gasteiger partial charge < -0.3 is 9.80 Å². The zero-order chi connectivity index (χ0) is 21.0. The van der Waals surface area contributed by atoms with Crippen molar-refractivity contribution >= 4 is 23.1 Å². The number of hydrogen-bond donors (Lipinski definition) is 0. The molecule has 160 valence electrons. The monoisotopic (exact) mass is 432 g/mol. The molecule has 5 rings (SSSR count). The lowest BCUT2D eigenvalue weighted by Crippen LogP contribution is -2.49. The second-order valence-electron chi connectivity index (χ2n) is 8.20. The van der Waals surface area contributed by atoms with Crippen molar-refractivity contribution in [1.29, 1.82) is 0 Å². The van der Waals surface area contributed by atoms with Gasteiger partial charge in [0.15, 0.2) is 0 Å². The van der Waals surface area contributed by atoms with E-state index in [2.05, 4.69) is 56.6 Å². The summed E-state index contributed by atoms with van der Waals surface area (Å²) in [5.41, 5.74) is 2.73. The predicted molar refractivity (Wildman–Crippen MR) is 126 cm³/mol. The predicted octanol–water partition coefficient (Wildman–Crippen LogP) is 3.83. The van der Waals surface area contributed by atoms with Crippen molar-refractivity contribution in [2.45, 2.75) is 18.9 Å². The molecule has 1 atom stereocenters. The molecular formula is C25H28N4OS. The van der Waals surface area contributed by atoms with E-state index in [-0.39, 0.29) is 11.9 Å². The van der Waals surface area contributed by atoms with Gasteiger partial charge in [-0.05, 0) is 41.1 Å². The van der Waals surface area contributed by atoms with E-state index in [0.29, 0.717) is 6.42 Å². The van der Waals surface area contributed by atoms with Gasteiger partial charge in [0.1, 0.15) is 5.82 Å². The first-order chi connectivity index (χ1) is 15.3. The SMILES string of the molecule is O=C(CCN1CCc2sccc2C1c1ccccc1)N1CCN(c2ccccn2)CC1. The molecule has 1 amide bonds. The molecule has 31 heavy (non-hydrogen) atoms. The van der Waals surface area contributed by atoms with Crippen LogP contribution in [-0.2, 0) is 11.2 Å². The molecule has 2 aromatic heterocycles. The van der Waals surface area contributed by atoms with Crippen LogP contribution in [-0.4, -0.2) is 60.0 Å². The molecule has 0 N–H and O–H groups in total. The molecule has 0 spiro atoms. The largest absolute Gasteiger partial charge is 0.353 e. The van der Waals surface area contributed by atoms with Crippen LogP contribution < -0.4 is 4.90 Å². The number of thiophene rings is 1. The van der Waals surface area contributed by atoms with Gasteiger partial charge in [0.25, 0.3) is 0 Å². The van der Waals surface area contributed by atoms with Gasteiger partial charge in [0.05, 0.1) is 6.04 Å². The first-order valence-corrected chi connectivity index (χ1v) is 12.0. The fourth-order valence-electron chi connectivity index (χ4n) is 4.76. The number of aromatic nitrogens is 1. The molecule has 1 unspecified atom stereocenters. The average molecular weight is 433 g/mol. The van der Waals surface area contributed by atoms with Crippen LogP contribution in [0.5, 0.6) is 0 Å². The molecule has 6 heteroatoms. The fraction of sp³-hybridized carbons (Fsp3) is 0.360. The third kappa shape index (κ3) is 4.36. The lowest BCUT2D eigenvalue weighted by atomic mass is 9.93. The van der Waals surface area contributed by atoms with E-state index in [1.807, 2.05) is 40.6 Å². The maximum atomic E-state index is 13.0. The van der Waals surface area contributed by atoms with Gasteiger partial charge in [0.2, 0.25) is 5.91 Å². The minimum atomic E-state index is 0.255. The summed E-state index contributed by atoms with van der Waals surface area (Å²) in [6, 6.07) is 19.2. The summed E-state index contributed by atoms with van der Waals surface area (Å²) in [6.45, 7) is 5.04. The summed E-state index contributed by atoms with van der Waals surface area (Å²) in [6.07, 6.45) is 3.48. The lowest BCUT2D eigenvalue weighted by Gasteiger charge is -2.38. The number of nitrogens with zero attached hydrogens (tertiary/aromatic N) is 4. The van der Waals surface area contributed by atoms with Crippen LogP contribution >= 0.6 is 11.3 Å². The Morgan fingerprint density at radius 1 is 0.968 bits per heavy atom. The van der Waals surface area contributed by atoms with Crippen molar-refractivity contribution in [3.05, 3.63) is 82.2 Å². The molecular weight excluding hydrogens is 404 g/mol. The Hall–Kier alpha value is -2.70. The molecule has 1 aromatic carbocycles. The Labute approximate surface area is 187 Å². The second-order valence-corrected chi connectivity index (χ2v) is 9.20. The number of anilines is 1. The summed E-state index contributed by atoms with van der Waals surface area (Å²) in [5.74, 6) is 1.27. The number of hydrogen-bond acceptors (Lipinski definition) is 5. The van der Waals surface area contributed by atoms with Crippen LogP contribution in [0.4, 0.5) is 5.82 Å². The van der Waals surface area contributed by atoms with Gasteiger partial charge in [-0.3, -0.25) is 9.69 Å². The third-order valence-electron chi connectivity index (χ3n) is 6.40. The van der Waals surface area contributed by atoms with Gasteiger partial charge in [-0.1, -0.05) is 36.4 Å². The molecule has 2 aliphatic rings. The number of benzene rings is 1. The summed E-state index contributed by atoms with van der Waals surface area (Å²) in [4.78, 5) is 25.7. The number of pyridine rings is 1. The van der Waals surface area contributed by atoms with Crippen molar-refractivity contribution in [3.8, 4) is 0 Å². The maximum absolute atomic E-state index is 13.0. The first kappa shape index (κ1) is 20.2. The summed E-state index contributed by atoms with van der Waals surface area (Å²) in [5, 5.41) is 2.20. The van der Waals surface area contributed by atoms with E-state index < -0.39 is 0 Å². The molecule has 0 bridgehead atoms. The number of amides is 1. The quantitative estimate of drug-likeness (QED) is 0.614. The first-order valence-electron chi connectivity index (χ1n) is 11.1. The highest BCUT2D eigenvalue weighted by Gasteiger charge is 2.30. The fourth-order valence-corrected chi connectivity index (χ4v) is 5.66. The number of carbonyl (C=O) groups excluding carboxylic acids is 1. The highest BCUT2D eigenvalue weighted by molar-refractivity contribution is 7.10. The van der Waals surface area contributed by atoms with Gasteiger partial charge in [-0.15, -0.1) is 11.3 Å². The van der Waals surface area contributed by atoms with Crippen LogP contribution in [0.15, 0.2) is 66.2 Å². The minimum Gasteiger partial charge on any atom is -0.353 e. The Morgan fingerprint density at radius 3 is 2.55 bits per heavy atom. The van der Waals surface area contributed by atoms with Gasteiger partial charge in [-0.2, -0.15) is 0 Å². The van der Waals surface area contributed by atoms with Crippen molar-refractivity contribution in [2.75, 3.05) is 44.2 Å². The van der Waals surface area contributed by atoms with Crippen LogP contribution in [0.1, 0.15) is 28.5 Å². The minimum absolute atomic E-state index is 0.255. The van der Waals surface area contributed by atoms with Gasteiger partial charge in [-0.25, -0.2) is 4.98 Å². The number of fused-ring (bicyclic) bond motifs is 1. The van der Waals surface area contributed by atoms with E-state index in [4.69, 9.17) is 0 Å².